The highest BCUT2D eigenvalue weighted by molar-refractivity contribution is 5.12. The van der Waals surface area contributed by atoms with E-state index in [4.69, 9.17) is 10.5 Å². The van der Waals surface area contributed by atoms with Gasteiger partial charge in [-0.3, -0.25) is 0 Å². The Kier molecular flexibility index (Phi) is 6.05. The van der Waals surface area contributed by atoms with Crippen LogP contribution in [0.3, 0.4) is 0 Å². The Hall–Kier alpha value is -0.340. The molecule has 0 saturated carbocycles. The molecule has 0 rings (SSSR count). The van der Waals surface area contributed by atoms with Crippen LogP contribution in [0.25, 0.3) is 0 Å². The van der Waals surface area contributed by atoms with Crippen LogP contribution in [-0.2, 0) is 4.74 Å². The maximum absolute atomic E-state index is 5.92. The predicted molar refractivity (Wildman–Crippen MR) is 62.1 cm³/mol. The molecule has 84 valence electrons. The molecule has 0 aromatic carbocycles. The van der Waals surface area contributed by atoms with Gasteiger partial charge in [0.1, 0.15) is 6.23 Å². The molecule has 0 amide bonds. The van der Waals surface area contributed by atoms with Crippen molar-refractivity contribution < 1.29 is 4.74 Å². The van der Waals surface area contributed by atoms with E-state index in [2.05, 4.69) is 27.4 Å². The Morgan fingerprint density at radius 1 is 1.29 bits per heavy atom. The zero-order valence-corrected chi connectivity index (χ0v) is 10.1. The summed E-state index contributed by atoms with van der Waals surface area (Å²) >= 11 is 0. The molecule has 2 heteroatoms. The van der Waals surface area contributed by atoms with Crippen molar-refractivity contribution in [2.45, 2.75) is 65.2 Å². The van der Waals surface area contributed by atoms with E-state index in [-0.39, 0.29) is 11.8 Å². The standard InChI is InChI=1S/C12H25NO/c1-6-10(5)12(8-3,9-4)14-11(13)7-2/h11H,5-9,13H2,1-4H3. The first-order valence-corrected chi connectivity index (χ1v) is 5.67. The molecule has 0 saturated heterocycles. The van der Waals surface area contributed by atoms with Gasteiger partial charge in [-0.2, -0.15) is 0 Å². The topological polar surface area (TPSA) is 35.2 Å². The first kappa shape index (κ1) is 13.7. The third kappa shape index (κ3) is 3.10. The summed E-state index contributed by atoms with van der Waals surface area (Å²) in [6.45, 7) is 12.5. The van der Waals surface area contributed by atoms with E-state index < -0.39 is 0 Å². The minimum Gasteiger partial charge on any atom is -0.353 e. The van der Waals surface area contributed by atoms with Gasteiger partial charge >= 0.3 is 0 Å². The van der Waals surface area contributed by atoms with Crippen molar-refractivity contribution in [2.75, 3.05) is 0 Å². The zero-order chi connectivity index (χ0) is 11.2. The summed E-state index contributed by atoms with van der Waals surface area (Å²) in [5.74, 6) is 0. The summed E-state index contributed by atoms with van der Waals surface area (Å²) in [6, 6.07) is 0. The highest BCUT2D eigenvalue weighted by Gasteiger charge is 2.31. The summed E-state index contributed by atoms with van der Waals surface area (Å²) in [5.41, 5.74) is 6.79. The molecule has 0 spiro atoms. The molecule has 0 aliphatic carbocycles. The number of hydrogen-bond donors (Lipinski definition) is 1. The molecule has 2 nitrogen and oxygen atoms in total. The van der Waals surface area contributed by atoms with Gasteiger partial charge in [0.05, 0.1) is 5.60 Å². The average molecular weight is 199 g/mol. The van der Waals surface area contributed by atoms with E-state index >= 15 is 0 Å². The molecule has 0 aliphatic heterocycles. The van der Waals surface area contributed by atoms with Gasteiger partial charge in [-0.25, -0.2) is 0 Å². The van der Waals surface area contributed by atoms with Crippen LogP contribution in [0, 0.1) is 0 Å². The Morgan fingerprint density at radius 2 is 1.79 bits per heavy atom. The van der Waals surface area contributed by atoms with Crippen LogP contribution in [-0.4, -0.2) is 11.8 Å². The van der Waals surface area contributed by atoms with E-state index in [9.17, 15) is 0 Å². The molecule has 0 radical (unpaired) electrons. The third-order valence-corrected chi connectivity index (χ3v) is 2.99. The molecule has 0 aromatic rings. The summed E-state index contributed by atoms with van der Waals surface area (Å²) in [4.78, 5) is 0. The van der Waals surface area contributed by atoms with Crippen LogP contribution in [0.4, 0.5) is 0 Å². The Labute approximate surface area is 88.5 Å². The minimum absolute atomic E-state index is 0.168. The van der Waals surface area contributed by atoms with Crippen LogP contribution < -0.4 is 5.73 Å². The number of nitrogens with two attached hydrogens (primary N) is 1. The van der Waals surface area contributed by atoms with Crippen molar-refractivity contribution in [2.24, 2.45) is 5.73 Å². The van der Waals surface area contributed by atoms with Crippen molar-refractivity contribution in [1.82, 2.24) is 0 Å². The van der Waals surface area contributed by atoms with Crippen LogP contribution >= 0.6 is 0 Å². The monoisotopic (exact) mass is 199 g/mol. The lowest BCUT2D eigenvalue weighted by Gasteiger charge is -2.36. The van der Waals surface area contributed by atoms with Crippen LogP contribution in [0.15, 0.2) is 12.2 Å². The molecule has 0 aromatic heterocycles. The van der Waals surface area contributed by atoms with Crippen molar-refractivity contribution in [3.05, 3.63) is 12.2 Å². The summed E-state index contributed by atoms with van der Waals surface area (Å²) in [5, 5.41) is 0. The second-order valence-electron chi connectivity index (χ2n) is 3.72. The lowest BCUT2D eigenvalue weighted by atomic mass is 9.87. The number of ether oxygens (including phenoxy) is 1. The summed E-state index contributed by atoms with van der Waals surface area (Å²) < 4.78 is 5.92. The summed E-state index contributed by atoms with van der Waals surface area (Å²) in [6.07, 6.45) is 3.53. The van der Waals surface area contributed by atoms with E-state index in [0.717, 1.165) is 31.3 Å². The van der Waals surface area contributed by atoms with E-state index in [1.807, 2.05) is 6.92 Å². The number of hydrogen-bond acceptors (Lipinski definition) is 2. The lowest BCUT2D eigenvalue weighted by molar-refractivity contribution is -0.0748. The van der Waals surface area contributed by atoms with Gasteiger partial charge in [-0.15, -0.1) is 0 Å². The average Bonchev–Trinajstić information content (AvgIpc) is 2.24. The van der Waals surface area contributed by atoms with Crippen molar-refractivity contribution in [1.29, 1.82) is 0 Å². The molecule has 0 heterocycles. The van der Waals surface area contributed by atoms with Crippen molar-refractivity contribution in [3.63, 3.8) is 0 Å². The maximum Gasteiger partial charge on any atom is 0.106 e. The van der Waals surface area contributed by atoms with E-state index in [1.165, 1.54) is 0 Å². The lowest BCUT2D eigenvalue weighted by Crippen LogP contribution is -2.40. The van der Waals surface area contributed by atoms with E-state index in [0.29, 0.717) is 0 Å². The van der Waals surface area contributed by atoms with Crippen molar-refractivity contribution >= 4 is 0 Å². The molecule has 0 aliphatic rings. The second kappa shape index (κ2) is 6.20. The predicted octanol–water partition coefficient (Wildman–Crippen LogP) is 3.22. The van der Waals surface area contributed by atoms with Crippen LogP contribution in [0.1, 0.15) is 53.4 Å². The van der Waals surface area contributed by atoms with Crippen molar-refractivity contribution in [3.8, 4) is 0 Å². The smallest absolute Gasteiger partial charge is 0.106 e. The molecule has 1 atom stereocenters. The summed E-state index contributed by atoms with van der Waals surface area (Å²) in [7, 11) is 0. The quantitative estimate of drug-likeness (QED) is 0.504. The largest absolute Gasteiger partial charge is 0.353 e. The fraction of sp³-hybridized carbons (Fsp3) is 0.833. The highest BCUT2D eigenvalue weighted by Crippen LogP contribution is 2.31. The normalized spacial score (nSPS) is 14.1. The van der Waals surface area contributed by atoms with Gasteiger partial charge in [0.2, 0.25) is 0 Å². The fourth-order valence-electron chi connectivity index (χ4n) is 1.70. The first-order chi connectivity index (χ1) is 6.56. The SMILES string of the molecule is C=C(CC)C(CC)(CC)OC(N)CC. The third-order valence-electron chi connectivity index (χ3n) is 2.99. The fourth-order valence-corrected chi connectivity index (χ4v) is 1.70. The Morgan fingerprint density at radius 3 is 2.07 bits per heavy atom. The molecular formula is C12H25NO. The highest BCUT2D eigenvalue weighted by atomic mass is 16.5. The van der Waals surface area contributed by atoms with Gasteiger partial charge in [-0.1, -0.05) is 34.3 Å². The van der Waals surface area contributed by atoms with Crippen LogP contribution in [0.5, 0.6) is 0 Å². The second-order valence-corrected chi connectivity index (χ2v) is 3.72. The number of rotatable bonds is 7. The molecular weight excluding hydrogens is 174 g/mol. The molecule has 0 fully saturated rings. The zero-order valence-electron chi connectivity index (χ0n) is 10.1. The van der Waals surface area contributed by atoms with Gasteiger partial charge in [-0.05, 0) is 31.3 Å². The van der Waals surface area contributed by atoms with Gasteiger partial charge < -0.3 is 10.5 Å². The molecule has 14 heavy (non-hydrogen) atoms. The van der Waals surface area contributed by atoms with E-state index in [1.54, 1.807) is 0 Å². The minimum atomic E-state index is -0.204. The molecule has 2 N–H and O–H groups in total. The van der Waals surface area contributed by atoms with Crippen LogP contribution in [0.2, 0.25) is 0 Å². The van der Waals surface area contributed by atoms with Gasteiger partial charge in [0, 0.05) is 0 Å². The molecule has 1 unspecified atom stereocenters. The maximum atomic E-state index is 5.92. The Balaban J connectivity index is 4.61. The Bertz CT molecular complexity index is 173. The molecule has 0 bridgehead atoms. The van der Waals surface area contributed by atoms with Gasteiger partial charge in [0.25, 0.3) is 0 Å². The van der Waals surface area contributed by atoms with Gasteiger partial charge in [0.15, 0.2) is 0 Å². The first-order valence-electron chi connectivity index (χ1n) is 5.67.